The number of oxime groups is 1. The first-order valence-corrected chi connectivity index (χ1v) is 5.23. The van der Waals surface area contributed by atoms with E-state index >= 15 is 0 Å². The molecule has 0 saturated heterocycles. The number of thioether (sulfide) groups is 1. The zero-order chi connectivity index (χ0) is 9.84. The van der Waals surface area contributed by atoms with E-state index in [4.69, 9.17) is 10.9 Å². The summed E-state index contributed by atoms with van der Waals surface area (Å²) in [5.74, 6) is 0.942. The van der Waals surface area contributed by atoms with Crippen LogP contribution in [0.5, 0.6) is 0 Å². The first-order chi connectivity index (χ1) is 6.13. The van der Waals surface area contributed by atoms with Crippen LogP contribution in [0.4, 0.5) is 0 Å². The van der Waals surface area contributed by atoms with Gasteiger partial charge in [0.1, 0.15) is 5.82 Å². The molecule has 1 heterocycles. The van der Waals surface area contributed by atoms with E-state index in [9.17, 15) is 0 Å². The molecule has 0 fully saturated rings. The van der Waals surface area contributed by atoms with Gasteiger partial charge in [-0.3, -0.25) is 0 Å². The minimum absolute atomic E-state index is 0.0858. The fraction of sp³-hybridized carbons (Fsp3) is 0.500. The van der Waals surface area contributed by atoms with Gasteiger partial charge in [-0.05, 0) is 25.4 Å². The Kier molecular flexibility index (Phi) is 3.49. The van der Waals surface area contributed by atoms with Gasteiger partial charge in [0.2, 0.25) is 0 Å². The summed E-state index contributed by atoms with van der Waals surface area (Å²) in [6.07, 6.45) is 0. The molecule has 0 amide bonds. The molecule has 72 valence electrons. The van der Waals surface area contributed by atoms with Crippen molar-refractivity contribution in [1.29, 1.82) is 0 Å². The molecule has 1 rings (SSSR count). The topological polar surface area (TPSA) is 84.4 Å². The van der Waals surface area contributed by atoms with Crippen LogP contribution < -0.4 is 5.73 Å². The van der Waals surface area contributed by atoms with Crippen molar-refractivity contribution in [1.82, 2.24) is 9.36 Å². The van der Waals surface area contributed by atoms with E-state index < -0.39 is 0 Å². The maximum atomic E-state index is 8.41. The van der Waals surface area contributed by atoms with E-state index in [1.165, 1.54) is 23.3 Å². The molecule has 0 spiro atoms. The van der Waals surface area contributed by atoms with Gasteiger partial charge in [-0.15, -0.1) is 0 Å². The first-order valence-electron chi connectivity index (χ1n) is 3.58. The summed E-state index contributed by atoms with van der Waals surface area (Å²) in [4.78, 5) is 4.15. The summed E-state index contributed by atoms with van der Waals surface area (Å²) in [7, 11) is 0. The molecular weight excluding hydrogens is 208 g/mol. The zero-order valence-electron chi connectivity index (χ0n) is 7.26. The van der Waals surface area contributed by atoms with Crippen LogP contribution >= 0.6 is 23.3 Å². The highest BCUT2D eigenvalue weighted by molar-refractivity contribution is 8.02. The van der Waals surface area contributed by atoms with Gasteiger partial charge >= 0.3 is 0 Å². The van der Waals surface area contributed by atoms with E-state index in [1.807, 2.05) is 13.8 Å². The van der Waals surface area contributed by atoms with Crippen LogP contribution in [-0.2, 0) is 0 Å². The second kappa shape index (κ2) is 4.43. The van der Waals surface area contributed by atoms with Gasteiger partial charge in [0, 0.05) is 0 Å². The second-order valence-electron chi connectivity index (χ2n) is 2.39. The Bertz CT molecular complexity index is 311. The standard InChI is InChI=1S/C6H10N4OS2/c1-3(5(7)9-11)12-6-8-4(2)10-13-6/h3,11H,1-2H3,(H2,7,9). The maximum Gasteiger partial charge on any atom is 0.170 e. The zero-order valence-corrected chi connectivity index (χ0v) is 8.89. The Morgan fingerprint density at radius 2 is 2.46 bits per heavy atom. The average Bonchev–Trinajstić information content (AvgIpc) is 2.49. The van der Waals surface area contributed by atoms with Crippen LogP contribution in [0.3, 0.4) is 0 Å². The van der Waals surface area contributed by atoms with Crippen LogP contribution in [0, 0.1) is 6.92 Å². The molecule has 0 bridgehead atoms. The van der Waals surface area contributed by atoms with Gasteiger partial charge in [-0.1, -0.05) is 16.9 Å². The third-order valence-corrected chi connectivity index (χ3v) is 3.32. The summed E-state index contributed by atoms with van der Waals surface area (Å²) < 4.78 is 4.85. The average molecular weight is 218 g/mol. The number of aromatic nitrogens is 2. The normalized spacial score (nSPS) is 14.5. The summed E-state index contributed by atoms with van der Waals surface area (Å²) in [5, 5.41) is 11.2. The van der Waals surface area contributed by atoms with Crippen LogP contribution in [0.1, 0.15) is 12.7 Å². The van der Waals surface area contributed by atoms with Crippen molar-refractivity contribution in [3.63, 3.8) is 0 Å². The number of rotatable bonds is 3. The van der Waals surface area contributed by atoms with Crippen LogP contribution in [0.15, 0.2) is 9.50 Å². The van der Waals surface area contributed by atoms with Gasteiger partial charge in [0.05, 0.1) is 5.25 Å². The fourth-order valence-corrected chi connectivity index (χ4v) is 2.41. The van der Waals surface area contributed by atoms with Gasteiger partial charge in [0.25, 0.3) is 0 Å². The predicted molar refractivity (Wildman–Crippen MR) is 53.4 cm³/mol. The van der Waals surface area contributed by atoms with E-state index in [0.717, 1.165) is 10.2 Å². The Labute approximate surface area is 84.2 Å². The number of nitrogens with zero attached hydrogens (tertiary/aromatic N) is 3. The van der Waals surface area contributed by atoms with Crippen LogP contribution in [0.2, 0.25) is 0 Å². The lowest BCUT2D eigenvalue weighted by Gasteiger charge is -2.04. The molecule has 5 nitrogen and oxygen atoms in total. The molecule has 1 atom stereocenters. The van der Waals surface area contributed by atoms with E-state index in [-0.39, 0.29) is 11.1 Å². The number of hydrogen-bond acceptors (Lipinski definition) is 6. The molecule has 0 radical (unpaired) electrons. The number of nitrogens with two attached hydrogens (primary N) is 1. The predicted octanol–water partition coefficient (Wildman–Crippen LogP) is 1.07. The Balaban J connectivity index is 2.59. The van der Waals surface area contributed by atoms with Crippen molar-refractivity contribution in [2.24, 2.45) is 10.9 Å². The van der Waals surface area contributed by atoms with Gasteiger partial charge in [-0.25, -0.2) is 4.98 Å². The molecule has 0 aromatic carbocycles. The lowest BCUT2D eigenvalue weighted by atomic mass is 10.4. The van der Waals surface area contributed by atoms with Crippen molar-refractivity contribution in [2.45, 2.75) is 23.4 Å². The molecule has 1 aromatic heterocycles. The van der Waals surface area contributed by atoms with E-state index in [1.54, 1.807) is 0 Å². The van der Waals surface area contributed by atoms with Crippen molar-refractivity contribution >= 4 is 29.1 Å². The van der Waals surface area contributed by atoms with Crippen molar-refractivity contribution in [2.75, 3.05) is 0 Å². The molecule has 13 heavy (non-hydrogen) atoms. The van der Waals surface area contributed by atoms with E-state index in [0.29, 0.717) is 0 Å². The Morgan fingerprint density at radius 1 is 1.77 bits per heavy atom. The monoisotopic (exact) mass is 218 g/mol. The highest BCUT2D eigenvalue weighted by Crippen LogP contribution is 2.24. The summed E-state index contributed by atoms with van der Waals surface area (Å²) >= 11 is 2.74. The molecule has 0 saturated carbocycles. The molecule has 1 aromatic rings. The quantitative estimate of drug-likeness (QED) is 0.261. The van der Waals surface area contributed by atoms with E-state index in [2.05, 4.69) is 14.5 Å². The van der Waals surface area contributed by atoms with Crippen molar-refractivity contribution in [3.05, 3.63) is 5.82 Å². The Morgan fingerprint density at radius 3 is 2.92 bits per heavy atom. The van der Waals surface area contributed by atoms with Gasteiger partial charge in [-0.2, -0.15) is 4.37 Å². The summed E-state index contributed by atoms with van der Waals surface area (Å²) in [6.45, 7) is 3.67. The molecule has 0 aliphatic rings. The maximum absolute atomic E-state index is 8.41. The number of aryl methyl sites for hydroxylation is 1. The SMILES string of the molecule is Cc1nsc(SC(C)C(N)=NO)n1. The Hall–Kier alpha value is -0.820. The third kappa shape index (κ3) is 2.85. The molecule has 1 unspecified atom stereocenters. The second-order valence-corrected chi connectivity index (χ2v) is 4.73. The highest BCUT2D eigenvalue weighted by Gasteiger charge is 2.11. The number of hydrogen-bond donors (Lipinski definition) is 2. The summed E-state index contributed by atoms with van der Waals surface area (Å²) in [6, 6.07) is 0. The molecule has 0 aliphatic heterocycles. The van der Waals surface area contributed by atoms with Crippen molar-refractivity contribution < 1.29 is 5.21 Å². The smallest absolute Gasteiger partial charge is 0.170 e. The third-order valence-electron chi connectivity index (χ3n) is 1.32. The molecule has 0 aliphatic carbocycles. The minimum atomic E-state index is -0.0858. The highest BCUT2D eigenvalue weighted by atomic mass is 32.2. The van der Waals surface area contributed by atoms with Gasteiger partial charge < -0.3 is 10.9 Å². The lowest BCUT2D eigenvalue weighted by molar-refractivity contribution is 0.317. The van der Waals surface area contributed by atoms with Gasteiger partial charge in [0.15, 0.2) is 10.2 Å². The lowest BCUT2D eigenvalue weighted by Crippen LogP contribution is -2.23. The van der Waals surface area contributed by atoms with Crippen molar-refractivity contribution in [3.8, 4) is 0 Å². The fourth-order valence-electron chi connectivity index (χ4n) is 0.619. The largest absolute Gasteiger partial charge is 0.409 e. The summed E-state index contributed by atoms with van der Waals surface area (Å²) in [5.41, 5.74) is 5.41. The van der Waals surface area contributed by atoms with Crippen LogP contribution in [-0.4, -0.2) is 25.7 Å². The molecular formula is C6H10N4OS2. The minimum Gasteiger partial charge on any atom is -0.409 e. The number of amidine groups is 1. The van der Waals surface area contributed by atoms with Crippen LogP contribution in [0.25, 0.3) is 0 Å². The molecule has 3 N–H and O–H groups in total. The molecule has 7 heteroatoms. The first kappa shape index (κ1) is 10.3.